The number of halogens is 3. The van der Waals surface area contributed by atoms with Crippen LogP contribution in [0.25, 0.3) is 10.8 Å². The highest BCUT2D eigenvalue weighted by atomic mass is 19.4. The maximum atomic E-state index is 12.6. The van der Waals surface area contributed by atoms with Crippen molar-refractivity contribution in [1.82, 2.24) is 16.2 Å². The van der Waals surface area contributed by atoms with E-state index in [0.717, 1.165) is 28.5 Å². The van der Waals surface area contributed by atoms with E-state index in [1.165, 1.54) is 12.1 Å². The second-order valence-electron chi connectivity index (χ2n) is 7.11. The molecule has 150 valence electrons. The van der Waals surface area contributed by atoms with E-state index in [0.29, 0.717) is 12.0 Å². The number of rotatable bonds is 4. The van der Waals surface area contributed by atoms with Crippen molar-refractivity contribution >= 4 is 16.7 Å². The zero-order valence-electron chi connectivity index (χ0n) is 15.5. The van der Waals surface area contributed by atoms with Crippen LogP contribution in [0.1, 0.15) is 29.2 Å². The highest BCUT2D eigenvalue weighted by Gasteiger charge is 2.31. The molecule has 1 fully saturated rings. The number of fused-ring (bicyclic) bond motifs is 1. The second-order valence-corrected chi connectivity index (χ2v) is 7.11. The Labute approximate surface area is 166 Å². The van der Waals surface area contributed by atoms with Crippen LogP contribution < -0.4 is 16.2 Å². The van der Waals surface area contributed by atoms with Crippen LogP contribution >= 0.6 is 0 Å². The summed E-state index contributed by atoms with van der Waals surface area (Å²) < 4.78 is 37.9. The average Bonchev–Trinajstić information content (AvgIpc) is 3.21. The fraction of sp³-hybridized carbons (Fsp3) is 0.227. The zero-order valence-corrected chi connectivity index (χ0v) is 15.5. The summed E-state index contributed by atoms with van der Waals surface area (Å²) in [4.78, 5) is 12.5. The Balaban J connectivity index is 1.37. The van der Waals surface area contributed by atoms with E-state index >= 15 is 0 Å². The summed E-state index contributed by atoms with van der Waals surface area (Å²) >= 11 is 0. The highest BCUT2D eigenvalue weighted by molar-refractivity contribution is 5.86. The van der Waals surface area contributed by atoms with E-state index in [1.807, 2.05) is 24.3 Å². The lowest BCUT2D eigenvalue weighted by Gasteiger charge is -2.13. The molecule has 3 aromatic rings. The van der Waals surface area contributed by atoms with Gasteiger partial charge in [-0.05, 0) is 40.5 Å². The van der Waals surface area contributed by atoms with Crippen molar-refractivity contribution < 1.29 is 18.0 Å². The zero-order chi connectivity index (χ0) is 20.4. The van der Waals surface area contributed by atoms with Gasteiger partial charge in [0.15, 0.2) is 0 Å². The molecule has 1 amide bonds. The van der Waals surface area contributed by atoms with E-state index in [1.54, 1.807) is 0 Å². The van der Waals surface area contributed by atoms with Gasteiger partial charge in [-0.3, -0.25) is 4.79 Å². The van der Waals surface area contributed by atoms with Crippen molar-refractivity contribution in [2.24, 2.45) is 0 Å². The number of benzene rings is 3. The number of hydrazine groups is 1. The van der Waals surface area contributed by atoms with Gasteiger partial charge in [0, 0.05) is 12.6 Å². The third-order valence-corrected chi connectivity index (χ3v) is 5.17. The number of hydrogen-bond acceptors (Lipinski definition) is 3. The van der Waals surface area contributed by atoms with Gasteiger partial charge in [0.1, 0.15) is 6.04 Å². The van der Waals surface area contributed by atoms with Crippen LogP contribution in [0.2, 0.25) is 0 Å². The van der Waals surface area contributed by atoms with Crippen LogP contribution in [0.5, 0.6) is 0 Å². The van der Waals surface area contributed by atoms with Crippen molar-refractivity contribution in [3.8, 4) is 0 Å². The number of amides is 1. The summed E-state index contributed by atoms with van der Waals surface area (Å²) in [6.45, 7) is 0.175. The Morgan fingerprint density at radius 3 is 2.45 bits per heavy atom. The first-order chi connectivity index (χ1) is 13.9. The number of carbonyl (C=O) groups excluding carboxylic acids is 1. The van der Waals surface area contributed by atoms with Crippen LogP contribution in [-0.2, 0) is 17.5 Å². The largest absolute Gasteiger partial charge is 0.416 e. The molecule has 29 heavy (non-hydrogen) atoms. The van der Waals surface area contributed by atoms with Gasteiger partial charge in [0.2, 0.25) is 5.91 Å². The third-order valence-electron chi connectivity index (χ3n) is 5.17. The fourth-order valence-electron chi connectivity index (χ4n) is 3.61. The van der Waals surface area contributed by atoms with Crippen molar-refractivity contribution in [1.29, 1.82) is 0 Å². The summed E-state index contributed by atoms with van der Waals surface area (Å²) in [5, 5.41) is 5.07. The maximum Gasteiger partial charge on any atom is 0.416 e. The van der Waals surface area contributed by atoms with E-state index in [9.17, 15) is 18.0 Å². The molecule has 7 heteroatoms. The van der Waals surface area contributed by atoms with Crippen LogP contribution in [-0.4, -0.2) is 11.9 Å². The monoisotopic (exact) mass is 399 g/mol. The van der Waals surface area contributed by atoms with Gasteiger partial charge in [-0.15, -0.1) is 0 Å². The first kappa shape index (κ1) is 19.4. The lowest BCUT2D eigenvalue weighted by molar-refractivity contribution is -0.137. The van der Waals surface area contributed by atoms with Crippen LogP contribution in [0.4, 0.5) is 13.2 Å². The molecule has 4 rings (SSSR count). The molecule has 3 N–H and O–H groups in total. The Kier molecular flexibility index (Phi) is 5.25. The molecule has 0 aliphatic carbocycles. The Bertz CT molecular complexity index is 1010. The second kappa shape index (κ2) is 7.85. The van der Waals surface area contributed by atoms with E-state index in [-0.39, 0.29) is 18.5 Å². The number of hydrogen-bond donors (Lipinski definition) is 3. The van der Waals surface area contributed by atoms with Gasteiger partial charge in [0.25, 0.3) is 0 Å². The minimum atomic E-state index is -4.36. The summed E-state index contributed by atoms with van der Waals surface area (Å²) in [6.07, 6.45) is -3.79. The predicted molar refractivity (Wildman–Crippen MR) is 105 cm³/mol. The Morgan fingerprint density at radius 2 is 1.69 bits per heavy atom. The number of carbonyl (C=O) groups is 1. The molecule has 3 aromatic carbocycles. The number of nitrogens with one attached hydrogen (secondary N) is 3. The van der Waals surface area contributed by atoms with Gasteiger partial charge in [-0.2, -0.15) is 13.2 Å². The topological polar surface area (TPSA) is 53.2 Å². The van der Waals surface area contributed by atoms with E-state index < -0.39 is 17.8 Å². The van der Waals surface area contributed by atoms with Crippen molar-refractivity contribution in [3.63, 3.8) is 0 Å². The SMILES string of the molecule is O=C(NCc1ccc(C(F)(F)F)cc1)C1CC(c2cccc3ccccc23)NN1. The molecule has 1 heterocycles. The highest BCUT2D eigenvalue weighted by Crippen LogP contribution is 2.30. The van der Waals surface area contributed by atoms with Crippen molar-refractivity contribution in [2.45, 2.75) is 31.2 Å². The minimum Gasteiger partial charge on any atom is -0.351 e. The lowest BCUT2D eigenvalue weighted by atomic mass is 9.96. The lowest BCUT2D eigenvalue weighted by Crippen LogP contribution is -2.42. The summed E-state index contributed by atoms with van der Waals surface area (Å²) in [7, 11) is 0. The standard InChI is InChI=1S/C22H20F3N3O/c23-22(24,25)16-10-8-14(9-11-16)13-26-21(29)20-12-19(27-28-20)18-7-3-5-15-4-1-2-6-17(15)18/h1-11,19-20,27-28H,12-13H2,(H,26,29). The minimum absolute atomic E-state index is 0.0112. The first-order valence-electron chi connectivity index (χ1n) is 9.34. The van der Waals surface area contributed by atoms with Crippen molar-refractivity contribution in [2.75, 3.05) is 0 Å². The molecule has 1 aliphatic heterocycles. The summed E-state index contributed by atoms with van der Waals surface area (Å²) in [6, 6.07) is 18.5. The molecule has 1 aliphatic rings. The molecule has 0 spiro atoms. The van der Waals surface area contributed by atoms with Crippen LogP contribution in [0.15, 0.2) is 66.7 Å². The fourth-order valence-corrected chi connectivity index (χ4v) is 3.61. The van der Waals surface area contributed by atoms with Gasteiger partial charge in [0.05, 0.1) is 5.56 Å². The molecule has 2 atom stereocenters. The van der Waals surface area contributed by atoms with Crippen LogP contribution in [0, 0.1) is 0 Å². The summed E-state index contributed by atoms with van der Waals surface area (Å²) in [5.41, 5.74) is 7.24. The summed E-state index contributed by atoms with van der Waals surface area (Å²) in [5.74, 6) is -0.194. The third kappa shape index (κ3) is 4.26. The molecule has 0 radical (unpaired) electrons. The Hall–Kier alpha value is -2.90. The normalized spacial score (nSPS) is 19.4. The smallest absolute Gasteiger partial charge is 0.351 e. The van der Waals surface area contributed by atoms with Crippen molar-refractivity contribution in [3.05, 3.63) is 83.4 Å². The molecule has 1 saturated heterocycles. The van der Waals surface area contributed by atoms with E-state index in [4.69, 9.17) is 0 Å². The average molecular weight is 399 g/mol. The molecular formula is C22H20F3N3O. The molecular weight excluding hydrogens is 379 g/mol. The van der Waals surface area contributed by atoms with Gasteiger partial charge < -0.3 is 5.32 Å². The van der Waals surface area contributed by atoms with Gasteiger partial charge in [-0.25, -0.2) is 10.9 Å². The Morgan fingerprint density at radius 1 is 0.966 bits per heavy atom. The molecule has 0 bridgehead atoms. The molecule has 0 aromatic heterocycles. The predicted octanol–water partition coefficient (Wildman–Crippen LogP) is 4.08. The molecule has 0 saturated carbocycles. The van der Waals surface area contributed by atoms with Crippen LogP contribution in [0.3, 0.4) is 0 Å². The molecule has 4 nitrogen and oxygen atoms in total. The maximum absolute atomic E-state index is 12.6. The van der Waals surface area contributed by atoms with E-state index in [2.05, 4.69) is 34.4 Å². The first-order valence-corrected chi connectivity index (χ1v) is 9.34. The van der Waals surface area contributed by atoms with Gasteiger partial charge in [-0.1, -0.05) is 54.6 Å². The molecule has 2 unspecified atom stereocenters. The quantitative estimate of drug-likeness (QED) is 0.620. The van der Waals surface area contributed by atoms with Gasteiger partial charge >= 0.3 is 6.18 Å². The number of alkyl halides is 3.